The summed E-state index contributed by atoms with van der Waals surface area (Å²) in [6.45, 7) is 1.28. The highest BCUT2D eigenvalue weighted by Crippen LogP contribution is 2.30. The van der Waals surface area contributed by atoms with Crippen molar-refractivity contribution in [2.45, 2.75) is 13.1 Å². The largest absolute Gasteiger partial charge is 0.477 e. The van der Waals surface area contributed by atoms with Gasteiger partial charge in [-0.25, -0.2) is 9.18 Å². The van der Waals surface area contributed by atoms with Crippen LogP contribution in [0.3, 0.4) is 0 Å². The summed E-state index contributed by atoms with van der Waals surface area (Å²) in [7, 11) is 5.35. The maximum atomic E-state index is 13.4. The SMILES string of the molecule is [B]c1cc(-n2c(C(F)(F)F)ccc(C(=O)O)c2=O)c(C)cc1F. The van der Waals surface area contributed by atoms with E-state index in [2.05, 4.69) is 0 Å². The van der Waals surface area contributed by atoms with E-state index in [9.17, 15) is 27.2 Å². The molecule has 2 rings (SSSR count). The lowest BCUT2D eigenvalue weighted by Gasteiger charge is -2.18. The van der Waals surface area contributed by atoms with Gasteiger partial charge >= 0.3 is 12.1 Å². The lowest BCUT2D eigenvalue weighted by Crippen LogP contribution is -2.32. The summed E-state index contributed by atoms with van der Waals surface area (Å²) >= 11 is 0. The first-order valence-corrected chi connectivity index (χ1v) is 6.16. The molecule has 1 aromatic carbocycles. The molecule has 1 aromatic heterocycles. The molecule has 0 bridgehead atoms. The monoisotopic (exact) mass is 325 g/mol. The fourth-order valence-corrected chi connectivity index (χ4v) is 2.08. The average molecular weight is 325 g/mol. The van der Waals surface area contributed by atoms with Gasteiger partial charge in [-0.1, -0.05) is 5.46 Å². The Hall–Kier alpha value is -2.58. The number of hydrogen-bond donors (Lipinski definition) is 1. The molecule has 2 radical (unpaired) electrons. The Kier molecular flexibility index (Phi) is 4.06. The van der Waals surface area contributed by atoms with Gasteiger partial charge in [-0.05, 0) is 36.8 Å². The van der Waals surface area contributed by atoms with E-state index in [-0.39, 0.29) is 15.8 Å². The quantitative estimate of drug-likeness (QED) is 0.677. The van der Waals surface area contributed by atoms with Crippen LogP contribution in [0.2, 0.25) is 0 Å². The van der Waals surface area contributed by atoms with Crippen LogP contribution in [0, 0.1) is 12.7 Å². The van der Waals surface area contributed by atoms with Gasteiger partial charge in [-0.3, -0.25) is 9.36 Å². The van der Waals surface area contributed by atoms with E-state index in [1.165, 1.54) is 6.92 Å². The molecule has 2 aromatic rings. The Morgan fingerprint density at radius 1 is 1.26 bits per heavy atom. The van der Waals surface area contributed by atoms with Gasteiger partial charge in [-0.2, -0.15) is 13.2 Å². The number of aryl methyl sites for hydroxylation is 1. The molecular formula is C14H8BF4NO3. The van der Waals surface area contributed by atoms with Crippen LogP contribution in [0.15, 0.2) is 29.1 Å². The molecular weight excluding hydrogens is 317 g/mol. The Morgan fingerprint density at radius 2 is 1.87 bits per heavy atom. The molecule has 0 saturated carbocycles. The Balaban J connectivity index is 2.94. The van der Waals surface area contributed by atoms with Gasteiger partial charge in [0.25, 0.3) is 5.56 Å². The summed E-state index contributed by atoms with van der Waals surface area (Å²) < 4.78 is 53.0. The van der Waals surface area contributed by atoms with E-state index < -0.39 is 40.2 Å². The van der Waals surface area contributed by atoms with E-state index in [1.807, 2.05) is 0 Å². The highest BCUT2D eigenvalue weighted by atomic mass is 19.4. The van der Waals surface area contributed by atoms with Crippen molar-refractivity contribution >= 4 is 19.3 Å². The van der Waals surface area contributed by atoms with Crippen LogP contribution in [0.5, 0.6) is 0 Å². The van der Waals surface area contributed by atoms with Crippen molar-refractivity contribution in [2.75, 3.05) is 0 Å². The summed E-state index contributed by atoms with van der Waals surface area (Å²) in [6, 6.07) is 2.77. The van der Waals surface area contributed by atoms with Crippen molar-refractivity contribution < 1.29 is 27.5 Å². The van der Waals surface area contributed by atoms with Crippen LogP contribution < -0.4 is 11.0 Å². The van der Waals surface area contributed by atoms with Gasteiger partial charge in [0.1, 0.15) is 24.9 Å². The molecule has 0 spiro atoms. The number of hydrogen-bond acceptors (Lipinski definition) is 2. The fraction of sp³-hybridized carbons (Fsp3) is 0.143. The number of halogens is 4. The van der Waals surface area contributed by atoms with Gasteiger partial charge in [0.15, 0.2) is 0 Å². The number of carboxylic acid groups (broad SMARTS) is 1. The molecule has 23 heavy (non-hydrogen) atoms. The molecule has 0 saturated heterocycles. The molecule has 9 heteroatoms. The lowest BCUT2D eigenvalue weighted by atomic mass is 9.93. The lowest BCUT2D eigenvalue weighted by molar-refractivity contribution is -0.142. The second-order valence-corrected chi connectivity index (χ2v) is 4.74. The molecule has 1 N–H and O–H groups in total. The minimum Gasteiger partial charge on any atom is -0.477 e. The van der Waals surface area contributed by atoms with E-state index in [0.717, 1.165) is 12.1 Å². The second-order valence-electron chi connectivity index (χ2n) is 4.74. The first-order valence-electron chi connectivity index (χ1n) is 6.16. The van der Waals surface area contributed by atoms with Crippen LogP contribution in [0.1, 0.15) is 21.6 Å². The first kappa shape index (κ1) is 16.8. The Morgan fingerprint density at radius 3 is 2.39 bits per heavy atom. The third kappa shape index (κ3) is 2.99. The smallest absolute Gasteiger partial charge is 0.431 e. The number of aromatic carboxylic acids is 1. The molecule has 4 nitrogen and oxygen atoms in total. The average Bonchev–Trinajstić information content (AvgIpc) is 2.41. The third-order valence-corrected chi connectivity index (χ3v) is 3.16. The van der Waals surface area contributed by atoms with Crippen LogP contribution in [-0.2, 0) is 6.18 Å². The zero-order valence-corrected chi connectivity index (χ0v) is 11.6. The number of carbonyl (C=O) groups is 1. The summed E-state index contributed by atoms with van der Waals surface area (Å²) in [5.41, 5.74) is -4.44. The molecule has 0 aliphatic carbocycles. The topological polar surface area (TPSA) is 59.3 Å². The molecule has 0 fully saturated rings. The number of benzene rings is 1. The van der Waals surface area contributed by atoms with Crippen LogP contribution in [0.25, 0.3) is 5.69 Å². The highest BCUT2D eigenvalue weighted by molar-refractivity contribution is 6.32. The fourth-order valence-electron chi connectivity index (χ4n) is 2.08. The van der Waals surface area contributed by atoms with Crippen LogP contribution in [0.4, 0.5) is 17.6 Å². The summed E-state index contributed by atoms with van der Waals surface area (Å²) in [5, 5.41) is 8.92. The number of aromatic nitrogens is 1. The minimum absolute atomic E-state index is 0.00756. The van der Waals surface area contributed by atoms with Gasteiger partial charge in [0.2, 0.25) is 0 Å². The van der Waals surface area contributed by atoms with Gasteiger partial charge in [0.05, 0.1) is 5.69 Å². The molecule has 118 valence electrons. The Labute approximate surface area is 128 Å². The van der Waals surface area contributed by atoms with Gasteiger partial charge in [0, 0.05) is 0 Å². The summed E-state index contributed by atoms with van der Waals surface area (Å²) in [4.78, 5) is 23.2. The predicted molar refractivity (Wildman–Crippen MR) is 74.1 cm³/mol. The molecule has 0 amide bonds. The number of pyridine rings is 1. The molecule has 0 aliphatic rings. The van der Waals surface area contributed by atoms with Crippen LogP contribution in [-0.4, -0.2) is 23.5 Å². The zero-order valence-electron chi connectivity index (χ0n) is 11.6. The van der Waals surface area contributed by atoms with Crippen molar-refractivity contribution in [3.05, 3.63) is 57.3 Å². The third-order valence-electron chi connectivity index (χ3n) is 3.16. The van der Waals surface area contributed by atoms with Crippen molar-refractivity contribution in [1.29, 1.82) is 0 Å². The van der Waals surface area contributed by atoms with Crippen molar-refractivity contribution in [1.82, 2.24) is 4.57 Å². The normalized spacial score (nSPS) is 11.5. The second kappa shape index (κ2) is 5.56. The van der Waals surface area contributed by atoms with Crippen molar-refractivity contribution in [3.63, 3.8) is 0 Å². The molecule has 1 heterocycles. The molecule has 0 aliphatic heterocycles. The van der Waals surface area contributed by atoms with Crippen LogP contribution >= 0.6 is 0 Å². The highest BCUT2D eigenvalue weighted by Gasteiger charge is 2.36. The van der Waals surface area contributed by atoms with Crippen molar-refractivity contribution in [3.8, 4) is 5.69 Å². The van der Waals surface area contributed by atoms with E-state index in [1.54, 1.807) is 0 Å². The molecule has 0 atom stereocenters. The Bertz CT molecular complexity index is 858. The number of rotatable bonds is 2. The van der Waals surface area contributed by atoms with Crippen molar-refractivity contribution in [2.24, 2.45) is 0 Å². The molecule has 0 unspecified atom stereocenters. The van der Waals surface area contributed by atoms with E-state index in [0.29, 0.717) is 12.1 Å². The number of nitrogens with zero attached hydrogens (tertiary/aromatic N) is 1. The maximum Gasteiger partial charge on any atom is 0.431 e. The first-order chi connectivity index (χ1) is 10.5. The van der Waals surface area contributed by atoms with Gasteiger partial charge < -0.3 is 5.11 Å². The van der Waals surface area contributed by atoms with Gasteiger partial charge in [-0.15, -0.1) is 0 Å². The van der Waals surface area contributed by atoms with E-state index >= 15 is 0 Å². The maximum absolute atomic E-state index is 13.4. The predicted octanol–water partition coefficient (Wildman–Crippen LogP) is 1.80. The summed E-state index contributed by atoms with van der Waals surface area (Å²) in [5.74, 6) is -2.53. The number of carboxylic acids is 1. The summed E-state index contributed by atoms with van der Waals surface area (Å²) in [6.07, 6.45) is -4.92. The van der Waals surface area contributed by atoms with E-state index in [4.69, 9.17) is 13.0 Å². The standard InChI is InChI=1S/C14H8BF4NO3/c1-6-4-9(16)8(15)5-10(6)20-11(14(17,18)19)3-2-7(12(20)21)13(22)23/h2-5H,1H3,(H,22,23). The zero-order chi connectivity index (χ0) is 17.5. The minimum atomic E-state index is -4.92. The number of alkyl halides is 3.